The van der Waals surface area contributed by atoms with Gasteiger partial charge in [-0.25, -0.2) is 4.39 Å². The van der Waals surface area contributed by atoms with Gasteiger partial charge in [0.1, 0.15) is 5.82 Å². The Morgan fingerprint density at radius 3 is 2.50 bits per heavy atom. The number of fused-ring (bicyclic) bond motifs is 1. The van der Waals surface area contributed by atoms with Crippen LogP contribution in [0.25, 0.3) is 10.9 Å². The Labute approximate surface area is 141 Å². The first-order valence-electron chi connectivity index (χ1n) is 8.35. The summed E-state index contributed by atoms with van der Waals surface area (Å²) in [4.78, 5) is 9.23. The van der Waals surface area contributed by atoms with Crippen molar-refractivity contribution in [3.63, 3.8) is 0 Å². The van der Waals surface area contributed by atoms with E-state index in [-0.39, 0.29) is 5.82 Å². The van der Waals surface area contributed by atoms with Gasteiger partial charge in [-0.1, -0.05) is 24.3 Å². The van der Waals surface area contributed by atoms with E-state index in [1.807, 2.05) is 18.2 Å². The molecule has 3 nitrogen and oxygen atoms in total. The molecule has 4 rings (SSSR count). The van der Waals surface area contributed by atoms with E-state index in [1.165, 1.54) is 5.69 Å². The molecular formula is C20H20FN3. The van der Waals surface area contributed by atoms with Gasteiger partial charge in [-0.05, 0) is 35.9 Å². The number of para-hydroxylation sites is 1. The van der Waals surface area contributed by atoms with Gasteiger partial charge in [0.25, 0.3) is 0 Å². The van der Waals surface area contributed by atoms with Gasteiger partial charge in [0.15, 0.2) is 0 Å². The summed E-state index contributed by atoms with van der Waals surface area (Å²) < 4.78 is 13.9. The molecule has 2 aromatic carbocycles. The number of anilines is 1. The molecule has 1 saturated heterocycles. The molecule has 0 saturated carbocycles. The van der Waals surface area contributed by atoms with Crippen molar-refractivity contribution < 1.29 is 4.39 Å². The lowest BCUT2D eigenvalue weighted by atomic mass is 10.1. The molecule has 122 valence electrons. The van der Waals surface area contributed by atoms with E-state index in [1.54, 1.807) is 18.3 Å². The molecule has 0 radical (unpaired) electrons. The maximum absolute atomic E-state index is 13.9. The minimum absolute atomic E-state index is 0.187. The van der Waals surface area contributed by atoms with Crippen LogP contribution in [0.15, 0.2) is 60.8 Å². The molecule has 24 heavy (non-hydrogen) atoms. The number of piperazine rings is 1. The lowest BCUT2D eigenvalue weighted by Crippen LogP contribution is -2.46. The monoisotopic (exact) mass is 321 g/mol. The second-order valence-electron chi connectivity index (χ2n) is 6.24. The average Bonchev–Trinajstić information content (AvgIpc) is 2.63. The molecule has 0 spiro atoms. The number of nitrogens with zero attached hydrogens (tertiary/aromatic N) is 3. The van der Waals surface area contributed by atoms with E-state index in [2.05, 4.69) is 39.0 Å². The third kappa shape index (κ3) is 3.10. The molecule has 0 unspecified atom stereocenters. The van der Waals surface area contributed by atoms with Gasteiger partial charge < -0.3 is 4.90 Å². The summed E-state index contributed by atoms with van der Waals surface area (Å²) in [6.07, 6.45) is 1.77. The standard InChI is InChI=1S/C20H20FN3/c21-18-13-16-5-4-8-22-20(16)17(14-18)15-23-9-11-24(12-10-23)19-6-2-1-3-7-19/h1-8,13-14H,9-12,15H2. The Kier molecular flexibility index (Phi) is 4.13. The van der Waals surface area contributed by atoms with Gasteiger partial charge in [-0.15, -0.1) is 0 Å². The van der Waals surface area contributed by atoms with Crippen LogP contribution in [0, 0.1) is 5.82 Å². The highest BCUT2D eigenvalue weighted by Gasteiger charge is 2.18. The number of hydrogen-bond acceptors (Lipinski definition) is 3. The van der Waals surface area contributed by atoms with Gasteiger partial charge >= 0.3 is 0 Å². The maximum Gasteiger partial charge on any atom is 0.124 e. The van der Waals surface area contributed by atoms with Crippen LogP contribution in [0.4, 0.5) is 10.1 Å². The summed E-state index contributed by atoms with van der Waals surface area (Å²) in [6.45, 7) is 4.67. The van der Waals surface area contributed by atoms with Crippen molar-refractivity contribution in [3.8, 4) is 0 Å². The maximum atomic E-state index is 13.9. The Balaban J connectivity index is 1.48. The molecule has 0 bridgehead atoms. The molecule has 1 aromatic heterocycles. The Morgan fingerprint density at radius 1 is 0.917 bits per heavy atom. The van der Waals surface area contributed by atoms with Crippen molar-refractivity contribution in [2.75, 3.05) is 31.1 Å². The van der Waals surface area contributed by atoms with Crippen molar-refractivity contribution in [3.05, 3.63) is 72.2 Å². The molecule has 1 aliphatic rings. The minimum Gasteiger partial charge on any atom is -0.369 e. The van der Waals surface area contributed by atoms with Crippen LogP contribution in [0.5, 0.6) is 0 Å². The number of rotatable bonds is 3. The molecule has 0 aliphatic carbocycles. The van der Waals surface area contributed by atoms with Crippen molar-refractivity contribution in [1.82, 2.24) is 9.88 Å². The fourth-order valence-electron chi connectivity index (χ4n) is 3.39. The minimum atomic E-state index is -0.187. The summed E-state index contributed by atoms with van der Waals surface area (Å²) in [5, 5.41) is 0.871. The number of aromatic nitrogens is 1. The zero-order valence-corrected chi connectivity index (χ0v) is 13.5. The third-order valence-corrected chi connectivity index (χ3v) is 4.64. The van der Waals surface area contributed by atoms with E-state index >= 15 is 0 Å². The molecular weight excluding hydrogens is 301 g/mol. The highest BCUT2D eigenvalue weighted by molar-refractivity contribution is 5.81. The highest BCUT2D eigenvalue weighted by atomic mass is 19.1. The van der Waals surface area contributed by atoms with Crippen molar-refractivity contribution >= 4 is 16.6 Å². The summed E-state index contributed by atoms with van der Waals surface area (Å²) in [5.41, 5.74) is 3.15. The summed E-state index contributed by atoms with van der Waals surface area (Å²) in [6, 6.07) is 17.4. The lowest BCUT2D eigenvalue weighted by Gasteiger charge is -2.36. The van der Waals surface area contributed by atoms with E-state index in [4.69, 9.17) is 0 Å². The van der Waals surface area contributed by atoms with Crippen LogP contribution in [-0.4, -0.2) is 36.1 Å². The molecule has 0 amide bonds. The van der Waals surface area contributed by atoms with E-state index < -0.39 is 0 Å². The van der Waals surface area contributed by atoms with Crippen LogP contribution in [0.2, 0.25) is 0 Å². The van der Waals surface area contributed by atoms with Gasteiger partial charge in [0.05, 0.1) is 5.52 Å². The average molecular weight is 321 g/mol. The van der Waals surface area contributed by atoms with Crippen LogP contribution < -0.4 is 4.90 Å². The fraction of sp³-hybridized carbons (Fsp3) is 0.250. The normalized spacial score (nSPS) is 15.8. The topological polar surface area (TPSA) is 19.4 Å². The lowest BCUT2D eigenvalue weighted by molar-refractivity contribution is 0.250. The highest BCUT2D eigenvalue weighted by Crippen LogP contribution is 2.21. The number of hydrogen-bond donors (Lipinski definition) is 0. The summed E-state index contributed by atoms with van der Waals surface area (Å²) in [5.74, 6) is -0.187. The van der Waals surface area contributed by atoms with Crippen LogP contribution >= 0.6 is 0 Å². The molecule has 3 aromatic rings. The van der Waals surface area contributed by atoms with Crippen molar-refractivity contribution in [1.29, 1.82) is 0 Å². The zero-order valence-electron chi connectivity index (χ0n) is 13.5. The first kappa shape index (κ1) is 15.1. The third-order valence-electron chi connectivity index (χ3n) is 4.64. The first-order valence-corrected chi connectivity index (χ1v) is 8.35. The fourth-order valence-corrected chi connectivity index (χ4v) is 3.39. The Bertz CT molecular complexity index is 827. The number of benzene rings is 2. The number of pyridine rings is 1. The molecule has 2 heterocycles. The second kappa shape index (κ2) is 6.57. The molecule has 1 aliphatic heterocycles. The van der Waals surface area contributed by atoms with Gasteiger partial charge in [0, 0.05) is 50.0 Å². The Hall–Kier alpha value is -2.46. The summed E-state index contributed by atoms with van der Waals surface area (Å²) in [7, 11) is 0. The predicted molar refractivity (Wildman–Crippen MR) is 95.6 cm³/mol. The van der Waals surface area contributed by atoms with E-state index in [0.29, 0.717) is 0 Å². The zero-order chi connectivity index (χ0) is 16.4. The van der Waals surface area contributed by atoms with Crippen LogP contribution in [0.1, 0.15) is 5.56 Å². The molecule has 1 fully saturated rings. The SMILES string of the molecule is Fc1cc(CN2CCN(c3ccccc3)CC2)c2ncccc2c1. The molecule has 4 heteroatoms. The molecule has 0 N–H and O–H groups in total. The van der Waals surface area contributed by atoms with Crippen LogP contribution in [-0.2, 0) is 6.54 Å². The summed E-state index contributed by atoms with van der Waals surface area (Å²) >= 11 is 0. The Morgan fingerprint density at radius 2 is 1.71 bits per heavy atom. The van der Waals surface area contributed by atoms with Crippen LogP contribution in [0.3, 0.4) is 0 Å². The quantitative estimate of drug-likeness (QED) is 0.733. The first-order chi connectivity index (χ1) is 11.8. The predicted octanol–water partition coefficient (Wildman–Crippen LogP) is 3.70. The number of halogens is 1. The smallest absolute Gasteiger partial charge is 0.124 e. The van der Waals surface area contributed by atoms with Gasteiger partial charge in [-0.3, -0.25) is 9.88 Å². The second-order valence-corrected chi connectivity index (χ2v) is 6.24. The van der Waals surface area contributed by atoms with E-state index in [9.17, 15) is 4.39 Å². The van der Waals surface area contributed by atoms with E-state index in [0.717, 1.165) is 49.2 Å². The van der Waals surface area contributed by atoms with Crippen molar-refractivity contribution in [2.45, 2.75) is 6.54 Å². The van der Waals surface area contributed by atoms with Gasteiger partial charge in [0.2, 0.25) is 0 Å². The van der Waals surface area contributed by atoms with Crippen molar-refractivity contribution in [2.24, 2.45) is 0 Å². The largest absolute Gasteiger partial charge is 0.369 e. The molecule has 0 atom stereocenters. The van der Waals surface area contributed by atoms with Gasteiger partial charge in [-0.2, -0.15) is 0 Å².